The third-order valence-electron chi connectivity index (χ3n) is 6.16. The summed E-state index contributed by atoms with van der Waals surface area (Å²) in [4.78, 5) is 0. The minimum atomic E-state index is -0.449. The molecule has 0 bridgehead atoms. The van der Waals surface area contributed by atoms with E-state index in [2.05, 4.69) is 42.7 Å². The Bertz CT molecular complexity index is 744. The Labute approximate surface area is 174 Å². The van der Waals surface area contributed by atoms with Crippen molar-refractivity contribution in [3.8, 4) is 0 Å². The van der Waals surface area contributed by atoms with Crippen molar-refractivity contribution in [3.63, 3.8) is 0 Å². The highest BCUT2D eigenvalue weighted by Crippen LogP contribution is 2.23. The number of halogens is 2. The molecule has 2 aromatic rings. The van der Waals surface area contributed by atoms with Crippen LogP contribution in [0.1, 0.15) is 66.8 Å². The second-order valence-corrected chi connectivity index (χ2v) is 8.36. The van der Waals surface area contributed by atoms with Crippen molar-refractivity contribution in [2.24, 2.45) is 0 Å². The van der Waals surface area contributed by atoms with Crippen molar-refractivity contribution in [3.05, 3.63) is 70.3 Å². The van der Waals surface area contributed by atoms with Crippen molar-refractivity contribution in [2.45, 2.75) is 70.9 Å². The number of nitrogens with one attached hydrogen (secondary N) is 2. The molecule has 0 spiro atoms. The number of hydrogen-bond donors (Lipinski definition) is 2. The third-order valence-corrected chi connectivity index (χ3v) is 6.16. The van der Waals surface area contributed by atoms with Gasteiger partial charge in [-0.25, -0.2) is 8.78 Å². The van der Waals surface area contributed by atoms with Crippen LogP contribution in [0.2, 0.25) is 0 Å². The van der Waals surface area contributed by atoms with Gasteiger partial charge in [0.05, 0.1) is 0 Å². The molecule has 2 aromatic carbocycles. The number of aryl methyl sites for hydroxylation is 2. The van der Waals surface area contributed by atoms with E-state index in [1.807, 2.05) is 0 Å². The van der Waals surface area contributed by atoms with Crippen molar-refractivity contribution in [1.82, 2.24) is 10.6 Å². The Morgan fingerprint density at radius 3 is 2.21 bits per heavy atom. The largest absolute Gasteiger partial charge is 0.312 e. The van der Waals surface area contributed by atoms with Gasteiger partial charge in [0.25, 0.3) is 0 Å². The Kier molecular flexibility index (Phi) is 8.19. The van der Waals surface area contributed by atoms with E-state index in [1.54, 1.807) is 0 Å². The quantitative estimate of drug-likeness (QED) is 0.522. The first-order chi connectivity index (χ1) is 14.1. The Morgan fingerprint density at radius 1 is 0.931 bits per heavy atom. The van der Waals surface area contributed by atoms with E-state index < -0.39 is 11.6 Å². The van der Waals surface area contributed by atoms with Gasteiger partial charge in [-0.1, -0.05) is 43.5 Å². The Morgan fingerprint density at radius 2 is 1.55 bits per heavy atom. The van der Waals surface area contributed by atoms with Crippen molar-refractivity contribution in [1.29, 1.82) is 0 Å². The molecule has 158 valence electrons. The number of hydrogen-bond acceptors (Lipinski definition) is 2. The first-order valence-corrected chi connectivity index (χ1v) is 11.0. The zero-order valence-electron chi connectivity index (χ0n) is 17.7. The predicted octanol–water partition coefficient (Wildman–Crippen LogP) is 5.77. The first-order valence-electron chi connectivity index (χ1n) is 11.0. The molecule has 1 saturated carbocycles. The van der Waals surface area contributed by atoms with Crippen LogP contribution in [0.15, 0.2) is 36.4 Å². The third kappa shape index (κ3) is 6.10. The van der Waals surface area contributed by atoms with Gasteiger partial charge in [-0.15, -0.1) is 0 Å². The molecule has 0 radical (unpaired) electrons. The van der Waals surface area contributed by atoms with E-state index in [9.17, 15) is 8.78 Å². The Hall–Kier alpha value is -1.78. The van der Waals surface area contributed by atoms with Crippen LogP contribution in [0, 0.1) is 25.5 Å². The Balaban J connectivity index is 1.61. The smallest absolute Gasteiger partial charge is 0.129 e. The van der Waals surface area contributed by atoms with Crippen molar-refractivity contribution in [2.75, 3.05) is 13.1 Å². The van der Waals surface area contributed by atoms with E-state index in [0.717, 1.165) is 13.1 Å². The molecule has 0 aliphatic heterocycles. The summed E-state index contributed by atoms with van der Waals surface area (Å²) < 4.78 is 27.7. The van der Waals surface area contributed by atoms with Gasteiger partial charge in [0, 0.05) is 24.2 Å². The fraction of sp³-hybridized carbons (Fsp3) is 0.520. The molecule has 3 rings (SSSR count). The van der Waals surface area contributed by atoms with Gasteiger partial charge in [0.1, 0.15) is 11.6 Å². The summed E-state index contributed by atoms with van der Waals surface area (Å²) in [5.74, 6) is -0.898. The lowest BCUT2D eigenvalue weighted by molar-refractivity contribution is 0.352. The second-order valence-electron chi connectivity index (χ2n) is 8.36. The normalized spacial score (nSPS) is 16.1. The summed E-state index contributed by atoms with van der Waals surface area (Å²) in [5.41, 5.74) is 4.10. The van der Waals surface area contributed by atoms with Crippen LogP contribution >= 0.6 is 0 Å². The summed E-state index contributed by atoms with van der Waals surface area (Å²) >= 11 is 0. The van der Waals surface area contributed by atoms with Gasteiger partial charge in [-0.05, 0) is 74.9 Å². The van der Waals surface area contributed by atoms with E-state index in [4.69, 9.17) is 0 Å². The highest BCUT2D eigenvalue weighted by molar-refractivity contribution is 5.36. The summed E-state index contributed by atoms with van der Waals surface area (Å²) in [7, 11) is 0. The summed E-state index contributed by atoms with van der Waals surface area (Å²) in [6.45, 7) is 5.92. The first kappa shape index (κ1) is 21.9. The average molecular weight is 401 g/mol. The van der Waals surface area contributed by atoms with Crippen LogP contribution < -0.4 is 10.6 Å². The van der Waals surface area contributed by atoms with Crippen LogP contribution in [-0.4, -0.2) is 19.1 Å². The topological polar surface area (TPSA) is 24.1 Å². The van der Waals surface area contributed by atoms with Crippen molar-refractivity contribution >= 4 is 0 Å². The lowest BCUT2D eigenvalue weighted by atomic mass is 9.93. The predicted molar refractivity (Wildman–Crippen MR) is 116 cm³/mol. The molecule has 4 heteroatoms. The molecule has 0 saturated heterocycles. The van der Waals surface area contributed by atoms with Crippen LogP contribution in [0.5, 0.6) is 0 Å². The van der Waals surface area contributed by atoms with Crippen molar-refractivity contribution < 1.29 is 8.78 Å². The maximum absolute atomic E-state index is 13.9. The maximum atomic E-state index is 13.9. The number of rotatable bonds is 9. The highest BCUT2D eigenvalue weighted by atomic mass is 19.1. The fourth-order valence-corrected chi connectivity index (χ4v) is 4.56. The summed E-state index contributed by atoms with van der Waals surface area (Å²) in [5, 5.41) is 7.43. The highest BCUT2D eigenvalue weighted by Gasteiger charge is 2.19. The fourth-order valence-electron chi connectivity index (χ4n) is 4.56. The molecule has 0 aromatic heterocycles. The lowest BCUT2D eigenvalue weighted by Crippen LogP contribution is -2.39. The molecule has 29 heavy (non-hydrogen) atoms. The monoisotopic (exact) mass is 400 g/mol. The van der Waals surface area contributed by atoms with E-state index in [1.165, 1.54) is 67.0 Å². The second kappa shape index (κ2) is 10.8. The zero-order chi connectivity index (χ0) is 20.6. The average Bonchev–Trinajstić information content (AvgIpc) is 2.71. The molecule has 0 heterocycles. The number of benzene rings is 2. The summed E-state index contributed by atoms with van der Waals surface area (Å²) in [6.07, 6.45) is 7.59. The van der Waals surface area contributed by atoms with Crippen LogP contribution in [-0.2, 0) is 6.42 Å². The molecule has 1 unspecified atom stereocenters. The lowest BCUT2D eigenvalue weighted by Gasteiger charge is -2.28. The van der Waals surface area contributed by atoms with Gasteiger partial charge in [-0.3, -0.25) is 0 Å². The molecule has 0 amide bonds. The molecular formula is C25H34F2N2. The maximum Gasteiger partial charge on any atom is 0.129 e. The standard InChI is InChI=1S/C25H34F2N2/c1-18-9-6-10-19(2)25(18)24(17-29-20-11-4-3-5-12-20)28-16-8-13-21-22(26)14-7-15-23(21)27/h6-7,9-10,14-15,20,24,28-29H,3-5,8,11-13,16-17H2,1-2H3. The SMILES string of the molecule is Cc1cccc(C)c1C(CNC1CCCCC1)NCCCc1c(F)cccc1F. The van der Waals surface area contributed by atoms with E-state index >= 15 is 0 Å². The molecule has 2 N–H and O–H groups in total. The van der Waals surface area contributed by atoms with Crippen LogP contribution in [0.4, 0.5) is 8.78 Å². The molecule has 2 nitrogen and oxygen atoms in total. The van der Waals surface area contributed by atoms with Gasteiger partial charge < -0.3 is 10.6 Å². The van der Waals surface area contributed by atoms with E-state index in [0.29, 0.717) is 18.9 Å². The van der Waals surface area contributed by atoms with Crippen LogP contribution in [0.25, 0.3) is 0 Å². The zero-order valence-corrected chi connectivity index (χ0v) is 17.7. The van der Waals surface area contributed by atoms with Gasteiger partial charge in [-0.2, -0.15) is 0 Å². The summed E-state index contributed by atoms with van der Waals surface area (Å²) in [6, 6.07) is 11.3. The van der Waals surface area contributed by atoms with Crippen LogP contribution in [0.3, 0.4) is 0 Å². The molecule has 1 aliphatic rings. The minimum Gasteiger partial charge on any atom is -0.312 e. The molecular weight excluding hydrogens is 366 g/mol. The molecule has 1 aliphatic carbocycles. The van der Waals surface area contributed by atoms with E-state index in [-0.39, 0.29) is 11.6 Å². The van der Waals surface area contributed by atoms with Gasteiger partial charge in [0.2, 0.25) is 0 Å². The minimum absolute atomic E-state index is 0.193. The molecule has 1 atom stereocenters. The van der Waals surface area contributed by atoms with Gasteiger partial charge in [0.15, 0.2) is 0 Å². The molecule has 1 fully saturated rings. The van der Waals surface area contributed by atoms with Gasteiger partial charge >= 0.3 is 0 Å².